The highest BCUT2D eigenvalue weighted by molar-refractivity contribution is 5.66. The van der Waals surface area contributed by atoms with E-state index in [1.54, 1.807) is 0 Å². The standard InChI is InChI=1S/C5H10O4/c6-4(7)2-1-3-5(8)9/h4,6-7H,1-3H2,(H,8,9). The number of aliphatic hydroxyl groups excluding tert-OH is 1. The first kappa shape index (κ1) is 8.39. The molecule has 4 heteroatoms. The van der Waals surface area contributed by atoms with E-state index in [1.165, 1.54) is 0 Å². The fourth-order valence-electron chi connectivity index (χ4n) is 0.436. The number of hydrogen-bond acceptors (Lipinski definition) is 3. The minimum atomic E-state index is -1.37. The number of rotatable bonds is 4. The number of hydrogen-bond donors (Lipinski definition) is 3. The van der Waals surface area contributed by atoms with E-state index in [1.807, 2.05) is 0 Å². The summed E-state index contributed by atoms with van der Waals surface area (Å²) < 4.78 is 0. The summed E-state index contributed by atoms with van der Waals surface area (Å²) in [6, 6.07) is 0. The zero-order chi connectivity index (χ0) is 7.28. The first-order valence-electron chi connectivity index (χ1n) is 2.71. The minimum Gasteiger partial charge on any atom is -0.481 e. The first-order chi connectivity index (χ1) is 4.13. The van der Waals surface area contributed by atoms with Gasteiger partial charge in [-0.1, -0.05) is 0 Å². The average Bonchev–Trinajstić information content (AvgIpc) is 1.63. The van der Waals surface area contributed by atoms with Gasteiger partial charge in [0.1, 0.15) is 0 Å². The summed E-state index contributed by atoms with van der Waals surface area (Å²) in [7, 11) is 0. The summed E-state index contributed by atoms with van der Waals surface area (Å²) >= 11 is 0. The molecule has 0 aromatic carbocycles. The Kier molecular flexibility index (Phi) is 4.00. The Morgan fingerprint density at radius 1 is 1.44 bits per heavy atom. The van der Waals surface area contributed by atoms with Crippen LogP contribution in [0.15, 0.2) is 0 Å². The van der Waals surface area contributed by atoms with Crippen LogP contribution in [0.25, 0.3) is 0 Å². The van der Waals surface area contributed by atoms with E-state index < -0.39 is 12.3 Å². The number of carboxylic acid groups (broad SMARTS) is 1. The molecule has 0 radical (unpaired) electrons. The number of aliphatic carboxylic acids is 1. The Bertz CT molecular complexity index is 89.0. The van der Waals surface area contributed by atoms with Gasteiger partial charge in [-0.3, -0.25) is 4.79 Å². The maximum atomic E-state index is 9.82. The Labute approximate surface area is 52.7 Å². The fourth-order valence-corrected chi connectivity index (χ4v) is 0.436. The van der Waals surface area contributed by atoms with E-state index in [9.17, 15) is 4.79 Å². The average molecular weight is 134 g/mol. The molecule has 0 amide bonds. The van der Waals surface area contributed by atoms with Crippen molar-refractivity contribution in [3.05, 3.63) is 0 Å². The second-order valence-corrected chi connectivity index (χ2v) is 1.77. The van der Waals surface area contributed by atoms with Gasteiger partial charge in [0.15, 0.2) is 6.29 Å². The van der Waals surface area contributed by atoms with E-state index in [4.69, 9.17) is 15.3 Å². The molecular formula is C5H10O4. The van der Waals surface area contributed by atoms with Crippen molar-refractivity contribution in [1.29, 1.82) is 0 Å². The lowest BCUT2D eigenvalue weighted by atomic mass is 10.2. The topological polar surface area (TPSA) is 77.8 Å². The van der Waals surface area contributed by atoms with Crippen molar-refractivity contribution in [3.8, 4) is 0 Å². The van der Waals surface area contributed by atoms with Gasteiger partial charge in [-0.05, 0) is 12.8 Å². The summed E-state index contributed by atoms with van der Waals surface area (Å²) in [5, 5.41) is 24.5. The molecule has 0 bridgehead atoms. The van der Waals surface area contributed by atoms with Crippen LogP contribution in [0.5, 0.6) is 0 Å². The van der Waals surface area contributed by atoms with Gasteiger partial charge in [0, 0.05) is 6.42 Å². The molecule has 3 N–H and O–H groups in total. The van der Waals surface area contributed by atoms with Crippen LogP contribution in [0.4, 0.5) is 0 Å². The highest BCUT2D eigenvalue weighted by Gasteiger charge is 1.99. The summed E-state index contributed by atoms with van der Waals surface area (Å²) in [4.78, 5) is 9.82. The zero-order valence-electron chi connectivity index (χ0n) is 4.95. The lowest BCUT2D eigenvalue weighted by Gasteiger charge is -1.98. The van der Waals surface area contributed by atoms with Gasteiger partial charge in [0.2, 0.25) is 0 Å². The van der Waals surface area contributed by atoms with Crippen molar-refractivity contribution < 1.29 is 20.1 Å². The molecular weight excluding hydrogens is 124 g/mol. The van der Waals surface area contributed by atoms with Crippen molar-refractivity contribution >= 4 is 5.97 Å². The van der Waals surface area contributed by atoms with E-state index in [-0.39, 0.29) is 12.8 Å². The summed E-state index contributed by atoms with van der Waals surface area (Å²) in [6.07, 6.45) is -0.930. The van der Waals surface area contributed by atoms with E-state index in [0.717, 1.165) is 0 Å². The van der Waals surface area contributed by atoms with Crippen molar-refractivity contribution in [2.45, 2.75) is 25.6 Å². The second kappa shape index (κ2) is 4.29. The van der Waals surface area contributed by atoms with Crippen LogP contribution in [0.3, 0.4) is 0 Å². The molecule has 0 heterocycles. The SMILES string of the molecule is O=C(O)CCCC(O)O. The Balaban J connectivity index is 3.01. The van der Waals surface area contributed by atoms with Gasteiger partial charge in [-0.15, -0.1) is 0 Å². The smallest absolute Gasteiger partial charge is 0.303 e. The van der Waals surface area contributed by atoms with Crippen LogP contribution < -0.4 is 0 Å². The van der Waals surface area contributed by atoms with Crippen LogP contribution in [0.2, 0.25) is 0 Å². The lowest BCUT2D eigenvalue weighted by Crippen LogP contribution is -2.05. The van der Waals surface area contributed by atoms with Gasteiger partial charge >= 0.3 is 5.97 Å². The Morgan fingerprint density at radius 2 is 2.00 bits per heavy atom. The molecule has 9 heavy (non-hydrogen) atoms. The molecule has 4 nitrogen and oxygen atoms in total. The van der Waals surface area contributed by atoms with Crippen molar-refractivity contribution in [3.63, 3.8) is 0 Å². The Hall–Kier alpha value is -0.610. The second-order valence-electron chi connectivity index (χ2n) is 1.77. The lowest BCUT2D eigenvalue weighted by molar-refractivity contribution is -0.137. The summed E-state index contributed by atoms with van der Waals surface area (Å²) in [5.41, 5.74) is 0. The summed E-state index contributed by atoms with van der Waals surface area (Å²) in [5.74, 6) is -0.907. The normalized spacial score (nSPS) is 10.1. The monoisotopic (exact) mass is 134 g/mol. The summed E-state index contributed by atoms with van der Waals surface area (Å²) in [6.45, 7) is 0. The highest BCUT2D eigenvalue weighted by Crippen LogP contribution is 1.97. The van der Waals surface area contributed by atoms with Crippen LogP contribution in [-0.2, 0) is 4.79 Å². The third-order valence-corrected chi connectivity index (χ3v) is 0.853. The first-order valence-corrected chi connectivity index (χ1v) is 2.71. The minimum absolute atomic E-state index is 0.00236. The molecule has 0 spiro atoms. The van der Waals surface area contributed by atoms with Crippen molar-refractivity contribution in [2.75, 3.05) is 0 Å². The van der Waals surface area contributed by atoms with Gasteiger partial charge in [0.25, 0.3) is 0 Å². The predicted octanol–water partition coefficient (Wildman–Crippen LogP) is -0.448. The van der Waals surface area contributed by atoms with Gasteiger partial charge in [-0.2, -0.15) is 0 Å². The molecule has 0 unspecified atom stereocenters. The third-order valence-electron chi connectivity index (χ3n) is 0.853. The molecule has 0 rings (SSSR count). The van der Waals surface area contributed by atoms with Crippen LogP contribution in [-0.4, -0.2) is 27.6 Å². The molecule has 0 aliphatic carbocycles. The number of carboxylic acids is 1. The third kappa shape index (κ3) is 7.39. The van der Waals surface area contributed by atoms with Gasteiger partial charge < -0.3 is 15.3 Å². The quantitative estimate of drug-likeness (QED) is 0.455. The molecule has 54 valence electrons. The maximum Gasteiger partial charge on any atom is 0.303 e. The molecule has 0 aliphatic rings. The van der Waals surface area contributed by atoms with Crippen LogP contribution in [0.1, 0.15) is 19.3 Å². The fraction of sp³-hybridized carbons (Fsp3) is 0.800. The van der Waals surface area contributed by atoms with E-state index in [0.29, 0.717) is 6.42 Å². The molecule has 0 fully saturated rings. The molecule has 0 aromatic rings. The molecule has 0 saturated heterocycles. The van der Waals surface area contributed by atoms with Crippen molar-refractivity contribution in [2.24, 2.45) is 0 Å². The predicted molar refractivity (Wildman–Crippen MR) is 29.7 cm³/mol. The van der Waals surface area contributed by atoms with Gasteiger partial charge in [0.05, 0.1) is 0 Å². The molecule has 0 aromatic heterocycles. The molecule has 0 saturated carbocycles. The Morgan fingerprint density at radius 3 is 2.33 bits per heavy atom. The van der Waals surface area contributed by atoms with Gasteiger partial charge in [-0.25, -0.2) is 0 Å². The van der Waals surface area contributed by atoms with Crippen LogP contribution >= 0.6 is 0 Å². The van der Waals surface area contributed by atoms with E-state index in [2.05, 4.69) is 0 Å². The molecule has 0 atom stereocenters. The number of aliphatic hydroxyl groups is 2. The van der Waals surface area contributed by atoms with E-state index >= 15 is 0 Å². The zero-order valence-corrected chi connectivity index (χ0v) is 4.95. The van der Waals surface area contributed by atoms with Crippen LogP contribution in [0, 0.1) is 0 Å². The van der Waals surface area contributed by atoms with Crippen molar-refractivity contribution in [1.82, 2.24) is 0 Å². The maximum absolute atomic E-state index is 9.82. The number of carbonyl (C=O) groups is 1. The highest BCUT2D eigenvalue weighted by atomic mass is 16.5. The molecule has 0 aliphatic heterocycles. The largest absolute Gasteiger partial charge is 0.481 e.